The van der Waals surface area contributed by atoms with Crippen LogP contribution in [0.15, 0.2) is 34.4 Å². The average molecular weight is 372 g/mol. The molecule has 0 unspecified atom stereocenters. The number of thioether (sulfide) groups is 1. The fourth-order valence-electron chi connectivity index (χ4n) is 2.78. The van der Waals surface area contributed by atoms with Crippen molar-refractivity contribution in [3.63, 3.8) is 0 Å². The van der Waals surface area contributed by atoms with E-state index in [4.69, 9.17) is 9.47 Å². The summed E-state index contributed by atoms with van der Waals surface area (Å²) in [5, 5.41) is 5.11. The number of ether oxygens (including phenoxy) is 2. The smallest absolute Gasteiger partial charge is 0.339 e. The molecule has 2 heterocycles. The van der Waals surface area contributed by atoms with E-state index in [1.807, 2.05) is 38.1 Å². The third-order valence-electron chi connectivity index (χ3n) is 4.05. The van der Waals surface area contributed by atoms with Crippen LogP contribution in [0.3, 0.4) is 0 Å². The summed E-state index contributed by atoms with van der Waals surface area (Å²) in [6, 6.07) is 7.55. The summed E-state index contributed by atoms with van der Waals surface area (Å²) in [6.45, 7) is 3.73. The molecule has 26 heavy (non-hydrogen) atoms. The molecule has 1 aromatic carbocycles. The number of amidine groups is 1. The molecule has 0 bridgehead atoms. The number of aromatic nitrogens is 1. The summed E-state index contributed by atoms with van der Waals surface area (Å²) < 4.78 is 10.2. The van der Waals surface area contributed by atoms with Crippen LogP contribution in [-0.4, -0.2) is 41.8 Å². The first-order valence-electron chi connectivity index (χ1n) is 8.00. The molecule has 1 aliphatic heterocycles. The number of methoxy groups -OCH3 is 2. The molecule has 8 heteroatoms. The average Bonchev–Trinajstić information content (AvgIpc) is 2.96. The number of esters is 1. The fraction of sp³-hybridized carbons (Fsp3) is 0.278. The first-order chi connectivity index (χ1) is 12.5. The SMILES string of the molecule is COC(=O)c1c(C)[nH]c(C2=NNC(=Nc3ccccc3OC)SC2)c1C. The van der Waals surface area contributed by atoms with Gasteiger partial charge in [-0.3, -0.25) is 5.43 Å². The Bertz CT molecular complexity index is 902. The Morgan fingerprint density at radius 1 is 1.27 bits per heavy atom. The number of carbonyl (C=O) groups excluding carboxylic acids is 1. The second kappa shape index (κ2) is 7.65. The second-order valence-corrected chi connectivity index (χ2v) is 6.63. The number of para-hydroxylation sites is 2. The molecule has 0 atom stereocenters. The van der Waals surface area contributed by atoms with Gasteiger partial charge in [0, 0.05) is 11.4 Å². The first kappa shape index (κ1) is 18.1. The predicted molar refractivity (Wildman–Crippen MR) is 104 cm³/mol. The molecule has 3 rings (SSSR count). The monoisotopic (exact) mass is 372 g/mol. The minimum Gasteiger partial charge on any atom is -0.494 e. The van der Waals surface area contributed by atoms with Gasteiger partial charge in [0.05, 0.1) is 31.2 Å². The molecule has 2 N–H and O–H groups in total. The van der Waals surface area contributed by atoms with Crippen LogP contribution in [0, 0.1) is 13.8 Å². The Hall–Kier alpha value is -2.74. The largest absolute Gasteiger partial charge is 0.494 e. The van der Waals surface area contributed by atoms with Crippen LogP contribution in [0.4, 0.5) is 5.69 Å². The van der Waals surface area contributed by atoms with Crippen molar-refractivity contribution in [2.45, 2.75) is 13.8 Å². The van der Waals surface area contributed by atoms with Crippen molar-refractivity contribution >= 4 is 34.3 Å². The number of rotatable bonds is 4. The lowest BCUT2D eigenvalue weighted by atomic mass is 10.1. The van der Waals surface area contributed by atoms with Gasteiger partial charge in [-0.2, -0.15) is 5.10 Å². The molecule has 2 aromatic rings. The molecule has 0 fully saturated rings. The number of carbonyl (C=O) groups is 1. The van der Waals surface area contributed by atoms with Gasteiger partial charge in [0.15, 0.2) is 5.17 Å². The minimum atomic E-state index is -0.349. The molecule has 7 nitrogen and oxygen atoms in total. The summed E-state index contributed by atoms with van der Waals surface area (Å²) in [4.78, 5) is 19.7. The Morgan fingerprint density at radius 3 is 2.69 bits per heavy atom. The van der Waals surface area contributed by atoms with Crippen molar-refractivity contribution in [2.24, 2.45) is 10.1 Å². The maximum absolute atomic E-state index is 11.9. The lowest BCUT2D eigenvalue weighted by Gasteiger charge is -2.15. The maximum Gasteiger partial charge on any atom is 0.339 e. The fourth-order valence-corrected chi connectivity index (χ4v) is 3.54. The van der Waals surface area contributed by atoms with Crippen LogP contribution >= 0.6 is 11.8 Å². The normalized spacial score (nSPS) is 15.4. The molecule has 1 aromatic heterocycles. The molecule has 1 aliphatic rings. The number of hydrogen-bond acceptors (Lipinski definition) is 6. The highest BCUT2D eigenvalue weighted by Gasteiger charge is 2.23. The molecule has 0 saturated carbocycles. The van der Waals surface area contributed by atoms with E-state index in [-0.39, 0.29) is 5.97 Å². The van der Waals surface area contributed by atoms with Gasteiger partial charge < -0.3 is 14.5 Å². The van der Waals surface area contributed by atoms with E-state index in [0.717, 1.165) is 28.4 Å². The summed E-state index contributed by atoms with van der Waals surface area (Å²) in [6.07, 6.45) is 0. The summed E-state index contributed by atoms with van der Waals surface area (Å²) >= 11 is 1.53. The van der Waals surface area contributed by atoms with E-state index in [9.17, 15) is 4.79 Å². The van der Waals surface area contributed by atoms with Gasteiger partial charge in [0.25, 0.3) is 0 Å². The molecule has 0 radical (unpaired) electrons. The molecular weight excluding hydrogens is 352 g/mol. The molecule has 0 aliphatic carbocycles. The Balaban J connectivity index is 1.84. The molecule has 0 spiro atoms. The number of H-pyrrole nitrogens is 1. The first-order valence-corrected chi connectivity index (χ1v) is 8.98. The van der Waals surface area contributed by atoms with Crippen LogP contribution in [-0.2, 0) is 4.74 Å². The number of hydrazone groups is 1. The Morgan fingerprint density at radius 2 is 2.04 bits per heavy atom. The molecular formula is C18H20N4O3S. The summed E-state index contributed by atoms with van der Waals surface area (Å²) in [5.41, 5.74) is 7.53. The van der Waals surface area contributed by atoms with Gasteiger partial charge >= 0.3 is 5.97 Å². The number of aryl methyl sites for hydroxylation is 1. The van der Waals surface area contributed by atoms with Crippen molar-refractivity contribution in [3.05, 3.63) is 46.8 Å². The Kier molecular flexibility index (Phi) is 5.32. The maximum atomic E-state index is 11.9. The van der Waals surface area contributed by atoms with E-state index < -0.39 is 0 Å². The topological polar surface area (TPSA) is 88.1 Å². The number of nitrogens with zero attached hydrogens (tertiary/aromatic N) is 2. The van der Waals surface area contributed by atoms with E-state index in [1.165, 1.54) is 18.9 Å². The van der Waals surface area contributed by atoms with Gasteiger partial charge in [0.2, 0.25) is 0 Å². The van der Waals surface area contributed by atoms with Gasteiger partial charge in [-0.25, -0.2) is 9.79 Å². The van der Waals surface area contributed by atoms with Crippen molar-refractivity contribution in [3.8, 4) is 5.75 Å². The zero-order valence-electron chi connectivity index (χ0n) is 15.0. The quantitative estimate of drug-likeness (QED) is 0.805. The third-order valence-corrected chi connectivity index (χ3v) is 4.93. The number of aromatic amines is 1. The van der Waals surface area contributed by atoms with Crippen molar-refractivity contribution < 1.29 is 14.3 Å². The van der Waals surface area contributed by atoms with E-state index >= 15 is 0 Å². The van der Waals surface area contributed by atoms with Crippen molar-refractivity contribution in [1.29, 1.82) is 0 Å². The number of benzene rings is 1. The predicted octanol–water partition coefficient (Wildman–Crippen LogP) is 3.15. The van der Waals surface area contributed by atoms with Crippen molar-refractivity contribution in [2.75, 3.05) is 20.0 Å². The molecule has 0 amide bonds. The lowest BCUT2D eigenvalue weighted by molar-refractivity contribution is 0.0599. The number of aliphatic imine (C=N–C) groups is 1. The van der Waals surface area contributed by atoms with Gasteiger partial charge in [-0.05, 0) is 31.5 Å². The lowest BCUT2D eigenvalue weighted by Crippen LogP contribution is -2.25. The molecule has 0 saturated heterocycles. The zero-order chi connectivity index (χ0) is 18.7. The highest BCUT2D eigenvalue weighted by atomic mass is 32.2. The number of nitrogens with one attached hydrogen (secondary N) is 2. The van der Waals surface area contributed by atoms with Crippen LogP contribution in [0.25, 0.3) is 0 Å². The van der Waals surface area contributed by atoms with Crippen molar-refractivity contribution in [1.82, 2.24) is 10.4 Å². The van der Waals surface area contributed by atoms with Gasteiger partial charge in [0.1, 0.15) is 11.4 Å². The zero-order valence-corrected chi connectivity index (χ0v) is 15.9. The van der Waals surface area contributed by atoms with E-state index in [2.05, 4.69) is 20.5 Å². The highest BCUT2D eigenvalue weighted by Crippen LogP contribution is 2.28. The second-order valence-electron chi connectivity index (χ2n) is 5.66. The Labute approximate surface area is 155 Å². The molecule has 136 valence electrons. The summed E-state index contributed by atoms with van der Waals surface area (Å²) in [7, 11) is 3.00. The summed E-state index contributed by atoms with van der Waals surface area (Å²) in [5.74, 6) is 0.983. The van der Waals surface area contributed by atoms with E-state index in [0.29, 0.717) is 22.2 Å². The minimum absolute atomic E-state index is 0.349. The van der Waals surface area contributed by atoms with Crippen LogP contribution in [0.1, 0.15) is 27.3 Å². The van der Waals surface area contributed by atoms with Crippen LogP contribution in [0.2, 0.25) is 0 Å². The number of hydrogen-bond donors (Lipinski definition) is 2. The van der Waals surface area contributed by atoms with E-state index in [1.54, 1.807) is 7.11 Å². The standard InChI is InChI=1S/C18H20N4O3S/c1-10-15(17(23)25-4)11(2)19-16(10)13-9-26-18(22-21-13)20-12-7-5-6-8-14(12)24-3/h5-8,19H,9H2,1-4H3,(H,20,22). The van der Waals surface area contributed by atoms with Gasteiger partial charge in [-0.15, -0.1) is 0 Å². The third kappa shape index (κ3) is 3.45. The van der Waals surface area contributed by atoms with Gasteiger partial charge in [-0.1, -0.05) is 23.9 Å². The highest BCUT2D eigenvalue weighted by molar-refractivity contribution is 8.14. The van der Waals surface area contributed by atoms with Crippen LogP contribution < -0.4 is 10.2 Å². The van der Waals surface area contributed by atoms with Crippen LogP contribution in [0.5, 0.6) is 5.75 Å².